The minimum absolute atomic E-state index is 0.0699. The van der Waals surface area contributed by atoms with Crippen LogP contribution in [0.4, 0.5) is 4.39 Å². The van der Waals surface area contributed by atoms with Crippen LogP contribution in [-0.4, -0.2) is 21.7 Å². The van der Waals surface area contributed by atoms with Crippen LogP contribution >= 0.6 is 0 Å². The Hall–Kier alpha value is -2.11. The Balaban J connectivity index is 2.63. The van der Waals surface area contributed by atoms with E-state index in [4.69, 9.17) is 0 Å². The number of nitrogens with zero attached hydrogens (tertiary/aromatic N) is 2. The molecule has 1 aromatic carbocycles. The second-order valence-electron chi connectivity index (χ2n) is 3.97. The number of hydrogen-bond acceptors (Lipinski definition) is 3. The lowest BCUT2D eigenvalue weighted by Crippen LogP contribution is -2.30. The maximum atomic E-state index is 14.1. The molecule has 1 atom stereocenters. The summed E-state index contributed by atoms with van der Waals surface area (Å²) in [6.07, 6.45) is -2.12. The van der Waals surface area contributed by atoms with Crippen LogP contribution in [-0.2, 0) is 16.1 Å². The van der Waals surface area contributed by atoms with E-state index in [0.717, 1.165) is 4.57 Å². The number of imidazole rings is 1. The zero-order valence-corrected chi connectivity index (χ0v) is 10.8. The number of ether oxygens (including phenoxy) is 1. The second kappa shape index (κ2) is 5.26. The van der Waals surface area contributed by atoms with Gasteiger partial charge in [-0.2, -0.15) is 0 Å². The number of halogens is 1. The number of fused-ring (bicyclic) bond motifs is 1. The number of aromatic nitrogens is 2. The maximum Gasteiger partial charge on any atom is 0.362 e. The highest BCUT2D eigenvalue weighted by Crippen LogP contribution is 2.19. The van der Waals surface area contributed by atoms with Crippen molar-refractivity contribution in [1.82, 2.24) is 9.13 Å². The van der Waals surface area contributed by atoms with E-state index in [1.165, 1.54) is 4.57 Å². The van der Waals surface area contributed by atoms with Gasteiger partial charge < -0.3 is 4.74 Å². The largest absolute Gasteiger partial charge is 0.462 e. The molecule has 0 aliphatic carbocycles. The first-order chi connectivity index (χ1) is 9.11. The molecule has 0 N–H and O–H groups in total. The molecular formula is C13H15FN2O3. The number of hydrogen-bond donors (Lipinski definition) is 0. The molecule has 0 spiro atoms. The van der Waals surface area contributed by atoms with Gasteiger partial charge in [-0.05, 0) is 26.0 Å². The summed E-state index contributed by atoms with van der Waals surface area (Å²) in [7, 11) is 0. The van der Waals surface area contributed by atoms with Gasteiger partial charge in [-0.1, -0.05) is 12.1 Å². The van der Waals surface area contributed by atoms with Crippen LogP contribution in [0, 0.1) is 0 Å². The third kappa shape index (κ3) is 2.14. The number of rotatable bonds is 4. The van der Waals surface area contributed by atoms with E-state index in [2.05, 4.69) is 4.74 Å². The van der Waals surface area contributed by atoms with Gasteiger partial charge in [0.1, 0.15) is 0 Å². The van der Waals surface area contributed by atoms with Crippen LogP contribution in [0.15, 0.2) is 29.1 Å². The third-order valence-electron chi connectivity index (χ3n) is 2.89. The molecule has 5 nitrogen and oxygen atoms in total. The Morgan fingerprint density at radius 2 is 1.95 bits per heavy atom. The molecule has 6 heteroatoms. The van der Waals surface area contributed by atoms with Crippen molar-refractivity contribution in [1.29, 1.82) is 0 Å². The third-order valence-corrected chi connectivity index (χ3v) is 2.89. The molecule has 2 rings (SSSR count). The first-order valence-electron chi connectivity index (χ1n) is 6.12. The molecule has 102 valence electrons. The van der Waals surface area contributed by atoms with Crippen molar-refractivity contribution >= 4 is 17.0 Å². The number of carbonyl (C=O) groups is 1. The topological polar surface area (TPSA) is 53.2 Å². The fourth-order valence-electron chi connectivity index (χ4n) is 2.07. The van der Waals surface area contributed by atoms with E-state index in [1.807, 2.05) is 0 Å². The highest BCUT2D eigenvalue weighted by Gasteiger charge is 2.26. The van der Waals surface area contributed by atoms with E-state index < -0.39 is 18.0 Å². The minimum Gasteiger partial charge on any atom is -0.462 e. The fraction of sp³-hybridized carbons (Fsp3) is 0.385. The summed E-state index contributed by atoms with van der Waals surface area (Å²) in [5, 5.41) is 0. The van der Waals surface area contributed by atoms with E-state index in [0.29, 0.717) is 17.6 Å². The Labute approximate surface area is 109 Å². The zero-order chi connectivity index (χ0) is 14.0. The number of carbonyl (C=O) groups excluding carboxylic acids is 1. The van der Waals surface area contributed by atoms with Gasteiger partial charge in [0, 0.05) is 6.54 Å². The molecule has 0 aliphatic heterocycles. The summed E-state index contributed by atoms with van der Waals surface area (Å²) in [5.74, 6) is -1.05. The van der Waals surface area contributed by atoms with Gasteiger partial charge in [0.2, 0.25) is 0 Å². The van der Waals surface area contributed by atoms with Crippen LogP contribution in [0.2, 0.25) is 0 Å². The SMILES string of the molecule is CCOC(=O)C(F)n1c(=O)n(CC)c2ccccc21. The van der Waals surface area contributed by atoms with E-state index in [9.17, 15) is 14.0 Å². The summed E-state index contributed by atoms with van der Waals surface area (Å²) in [5.41, 5.74) is 0.432. The van der Waals surface area contributed by atoms with Gasteiger partial charge in [0.25, 0.3) is 6.30 Å². The normalized spacial score (nSPS) is 12.6. The van der Waals surface area contributed by atoms with Crippen LogP contribution in [0.25, 0.3) is 11.0 Å². The summed E-state index contributed by atoms with van der Waals surface area (Å²) >= 11 is 0. The standard InChI is InChI=1S/C13H15FN2O3/c1-3-15-9-7-5-6-8-10(9)16(13(15)18)11(14)12(17)19-4-2/h5-8,11H,3-4H2,1-2H3. The van der Waals surface area contributed by atoms with E-state index >= 15 is 0 Å². The van der Waals surface area contributed by atoms with Crippen LogP contribution in [0.5, 0.6) is 0 Å². The average molecular weight is 266 g/mol. The van der Waals surface area contributed by atoms with Crippen LogP contribution in [0.1, 0.15) is 20.1 Å². The average Bonchev–Trinajstić information content (AvgIpc) is 2.69. The first kappa shape index (κ1) is 13.3. The summed E-state index contributed by atoms with van der Waals surface area (Å²) < 4.78 is 21.0. The van der Waals surface area contributed by atoms with Crippen molar-refractivity contribution in [3.05, 3.63) is 34.7 Å². The second-order valence-corrected chi connectivity index (χ2v) is 3.97. The maximum absolute atomic E-state index is 14.1. The van der Waals surface area contributed by atoms with E-state index in [-0.39, 0.29) is 6.61 Å². The number of alkyl halides is 1. The molecule has 0 saturated carbocycles. The molecule has 1 aromatic heterocycles. The Bertz CT molecular complexity index is 659. The highest BCUT2D eigenvalue weighted by molar-refractivity contribution is 5.80. The highest BCUT2D eigenvalue weighted by atomic mass is 19.1. The number of benzene rings is 1. The summed E-state index contributed by atoms with van der Waals surface area (Å²) in [4.78, 5) is 23.6. The van der Waals surface area contributed by atoms with Crippen LogP contribution < -0.4 is 5.69 Å². The molecule has 0 saturated heterocycles. The lowest BCUT2D eigenvalue weighted by Gasteiger charge is -2.08. The predicted octanol–water partition coefficient (Wildman–Crippen LogP) is 1.85. The van der Waals surface area contributed by atoms with Gasteiger partial charge in [-0.25, -0.2) is 14.0 Å². The van der Waals surface area contributed by atoms with Crippen molar-refractivity contribution in [2.75, 3.05) is 6.61 Å². The lowest BCUT2D eigenvalue weighted by atomic mass is 10.3. The molecule has 0 bridgehead atoms. The van der Waals surface area contributed by atoms with Gasteiger partial charge in [0.15, 0.2) is 0 Å². The zero-order valence-electron chi connectivity index (χ0n) is 10.8. The molecule has 0 amide bonds. The summed E-state index contributed by atoms with van der Waals surface area (Å²) in [6, 6.07) is 6.77. The molecule has 0 aliphatic rings. The Kier molecular flexibility index (Phi) is 3.69. The van der Waals surface area contributed by atoms with Gasteiger partial charge in [0.05, 0.1) is 17.6 Å². The first-order valence-corrected chi connectivity index (χ1v) is 6.12. The molecule has 0 fully saturated rings. The molecule has 1 unspecified atom stereocenters. The fourth-order valence-corrected chi connectivity index (χ4v) is 2.07. The minimum atomic E-state index is -2.12. The smallest absolute Gasteiger partial charge is 0.362 e. The molecular weight excluding hydrogens is 251 g/mol. The van der Waals surface area contributed by atoms with Gasteiger partial charge in [-0.15, -0.1) is 0 Å². The van der Waals surface area contributed by atoms with Crippen molar-refractivity contribution in [2.45, 2.75) is 26.7 Å². The Morgan fingerprint density at radius 1 is 1.32 bits per heavy atom. The number of esters is 1. The molecule has 0 radical (unpaired) electrons. The van der Waals surface area contributed by atoms with Gasteiger partial charge in [-0.3, -0.25) is 9.13 Å². The lowest BCUT2D eigenvalue weighted by molar-refractivity contribution is -0.152. The van der Waals surface area contributed by atoms with Crippen molar-refractivity contribution in [3.8, 4) is 0 Å². The molecule has 19 heavy (non-hydrogen) atoms. The monoisotopic (exact) mass is 266 g/mol. The molecule has 2 aromatic rings. The Morgan fingerprint density at radius 3 is 2.53 bits per heavy atom. The van der Waals surface area contributed by atoms with Crippen molar-refractivity contribution in [3.63, 3.8) is 0 Å². The summed E-state index contributed by atoms with van der Waals surface area (Å²) in [6.45, 7) is 3.85. The quantitative estimate of drug-likeness (QED) is 0.794. The van der Waals surface area contributed by atoms with E-state index in [1.54, 1.807) is 38.1 Å². The number of aryl methyl sites for hydroxylation is 1. The van der Waals surface area contributed by atoms with Crippen molar-refractivity contribution < 1.29 is 13.9 Å². The predicted molar refractivity (Wildman–Crippen MR) is 68.7 cm³/mol. The van der Waals surface area contributed by atoms with Gasteiger partial charge >= 0.3 is 11.7 Å². The molecule has 1 heterocycles. The van der Waals surface area contributed by atoms with Crippen LogP contribution in [0.3, 0.4) is 0 Å². The van der Waals surface area contributed by atoms with Crippen molar-refractivity contribution in [2.24, 2.45) is 0 Å². The number of para-hydroxylation sites is 2.